The third-order valence-corrected chi connectivity index (χ3v) is 5.10. The van der Waals surface area contributed by atoms with E-state index in [-0.39, 0.29) is 20.3 Å². The van der Waals surface area contributed by atoms with E-state index in [9.17, 15) is 9.18 Å². The largest absolute Gasteiger partial charge is 0.465 e. The Labute approximate surface area is 148 Å². The molecule has 0 atom stereocenters. The van der Waals surface area contributed by atoms with Gasteiger partial charge >= 0.3 is 6.09 Å². The summed E-state index contributed by atoms with van der Waals surface area (Å²) in [4.78, 5) is 22.3. The van der Waals surface area contributed by atoms with Gasteiger partial charge in [-0.1, -0.05) is 11.6 Å². The molecule has 1 saturated heterocycles. The van der Waals surface area contributed by atoms with E-state index in [4.69, 9.17) is 28.3 Å². The van der Waals surface area contributed by atoms with Gasteiger partial charge in [-0.2, -0.15) is 4.98 Å². The Morgan fingerprint density at radius 3 is 2.52 bits per heavy atom. The molecule has 0 unspecified atom stereocenters. The monoisotopic (exact) mass is 422 g/mol. The van der Waals surface area contributed by atoms with Gasteiger partial charge in [0.1, 0.15) is 11.3 Å². The quantitative estimate of drug-likeness (QED) is 0.560. The summed E-state index contributed by atoms with van der Waals surface area (Å²) in [6.45, 7) is 1.49. The second kappa shape index (κ2) is 6.26. The van der Waals surface area contributed by atoms with Gasteiger partial charge in [-0.05, 0) is 33.6 Å². The summed E-state index contributed by atoms with van der Waals surface area (Å²) >= 11 is 15.0. The van der Waals surface area contributed by atoms with Crippen LogP contribution in [0.25, 0.3) is 10.9 Å². The van der Waals surface area contributed by atoms with E-state index < -0.39 is 11.9 Å². The summed E-state index contributed by atoms with van der Waals surface area (Å²) < 4.78 is 14.5. The van der Waals surface area contributed by atoms with Gasteiger partial charge in [0.05, 0.1) is 9.50 Å². The van der Waals surface area contributed by atoms with Crippen molar-refractivity contribution in [3.8, 4) is 0 Å². The first kappa shape index (κ1) is 16.5. The first-order valence-electron chi connectivity index (χ1n) is 6.62. The molecular formula is C13H10BrCl2FN4O2. The zero-order valence-corrected chi connectivity index (χ0v) is 14.7. The molecule has 2 aromatic rings. The van der Waals surface area contributed by atoms with Crippen LogP contribution in [-0.4, -0.2) is 52.2 Å². The van der Waals surface area contributed by atoms with E-state index in [1.807, 2.05) is 4.90 Å². The van der Waals surface area contributed by atoms with Gasteiger partial charge < -0.3 is 14.9 Å². The van der Waals surface area contributed by atoms with E-state index in [0.29, 0.717) is 37.4 Å². The Morgan fingerprint density at radius 1 is 1.26 bits per heavy atom. The van der Waals surface area contributed by atoms with E-state index in [2.05, 4.69) is 25.9 Å². The van der Waals surface area contributed by atoms with Crippen molar-refractivity contribution in [1.82, 2.24) is 14.9 Å². The lowest BCUT2D eigenvalue weighted by Gasteiger charge is -2.34. The van der Waals surface area contributed by atoms with Crippen LogP contribution in [-0.2, 0) is 0 Å². The second-order valence-corrected chi connectivity index (χ2v) is 6.49. The van der Waals surface area contributed by atoms with Crippen LogP contribution in [0.1, 0.15) is 0 Å². The molecule has 10 heteroatoms. The lowest BCUT2D eigenvalue weighted by atomic mass is 10.2. The number of amides is 1. The van der Waals surface area contributed by atoms with Crippen LogP contribution in [0.5, 0.6) is 0 Å². The SMILES string of the molecule is O=C(O)N1CCN(c2nc(Cl)nc3c(F)c(Br)c(Cl)cc23)CC1. The van der Waals surface area contributed by atoms with Gasteiger partial charge in [-0.3, -0.25) is 0 Å². The van der Waals surface area contributed by atoms with E-state index in [0.717, 1.165) is 0 Å². The highest BCUT2D eigenvalue weighted by atomic mass is 79.9. The van der Waals surface area contributed by atoms with Crippen molar-refractivity contribution in [2.24, 2.45) is 0 Å². The molecule has 3 rings (SSSR count). The van der Waals surface area contributed by atoms with Crippen molar-refractivity contribution in [3.05, 3.63) is 26.7 Å². The van der Waals surface area contributed by atoms with Crippen molar-refractivity contribution in [3.63, 3.8) is 0 Å². The van der Waals surface area contributed by atoms with E-state index >= 15 is 0 Å². The normalized spacial score (nSPS) is 15.3. The number of carbonyl (C=O) groups is 1. The average Bonchev–Trinajstić information content (AvgIpc) is 2.53. The number of hydrogen-bond acceptors (Lipinski definition) is 4. The summed E-state index contributed by atoms with van der Waals surface area (Å²) in [7, 11) is 0. The van der Waals surface area contributed by atoms with Crippen molar-refractivity contribution < 1.29 is 14.3 Å². The average molecular weight is 424 g/mol. The molecule has 1 N–H and O–H groups in total. The number of benzene rings is 1. The minimum atomic E-state index is -0.965. The number of piperazine rings is 1. The van der Waals surface area contributed by atoms with Crippen molar-refractivity contribution in [1.29, 1.82) is 0 Å². The fraction of sp³-hybridized carbons (Fsp3) is 0.308. The number of carboxylic acid groups (broad SMARTS) is 1. The summed E-state index contributed by atoms with van der Waals surface area (Å²) in [6.07, 6.45) is -0.965. The topological polar surface area (TPSA) is 69.6 Å². The molecule has 6 nitrogen and oxygen atoms in total. The van der Waals surface area contributed by atoms with Gasteiger partial charge in [-0.25, -0.2) is 14.2 Å². The van der Waals surface area contributed by atoms with Crippen LogP contribution >= 0.6 is 39.1 Å². The molecular weight excluding hydrogens is 414 g/mol. The highest BCUT2D eigenvalue weighted by Gasteiger charge is 2.25. The smallest absolute Gasteiger partial charge is 0.407 e. The van der Waals surface area contributed by atoms with Crippen molar-refractivity contribution in [2.45, 2.75) is 0 Å². The molecule has 1 aliphatic rings. The maximum Gasteiger partial charge on any atom is 0.407 e. The summed E-state index contributed by atoms with van der Waals surface area (Å²) in [5.41, 5.74) is 0.0666. The van der Waals surface area contributed by atoms with Gasteiger partial charge in [0.25, 0.3) is 0 Å². The lowest BCUT2D eigenvalue weighted by molar-refractivity contribution is 0.142. The Balaban J connectivity index is 2.06. The van der Waals surface area contributed by atoms with Crippen LogP contribution in [0.2, 0.25) is 10.3 Å². The number of rotatable bonds is 1. The van der Waals surface area contributed by atoms with Crippen molar-refractivity contribution in [2.75, 3.05) is 31.1 Å². The van der Waals surface area contributed by atoms with Crippen LogP contribution in [0, 0.1) is 5.82 Å². The molecule has 0 spiro atoms. The first-order chi connectivity index (χ1) is 10.9. The summed E-state index contributed by atoms with van der Waals surface area (Å²) in [6, 6.07) is 1.57. The number of aromatic nitrogens is 2. The van der Waals surface area contributed by atoms with E-state index in [1.54, 1.807) is 6.07 Å². The Hall–Kier alpha value is -1.38. The lowest BCUT2D eigenvalue weighted by Crippen LogP contribution is -2.48. The highest BCUT2D eigenvalue weighted by molar-refractivity contribution is 9.10. The molecule has 0 bridgehead atoms. The fourth-order valence-corrected chi connectivity index (χ4v) is 3.14. The van der Waals surface area contributed by atoms with Crippen molar-refractivity contribution >= 4 is 61.9 Å². The molecule has 1 aromatic carbocycles. The maximum atomic E-state index is 14.4. The number of halogens is 4. The highest BCUT2D eigenvalue weighted by Crippen LogP contribution is 2.35. The molecule has 0 aliphatic carbocycles. The molecule has 1 aromatic heterocycles. The van der Waals surface area contributed by atoms with Crippen LogP contribution < -0.4 is 4.90 Å². The second-order valence-electron chi connectivity index (χ2n) is 4.96. The molecule has 0 radical (unpaired) electrons. The van der Waals surface area contributed by atoms with Crippen LogP contribution in [0.15, 0.2) is 10.5 Å². The van der Waals surface area contributed by atoms with Gasteiger partial charge in [-0.15, -0.1) is 0 Å². The van der Waals surface area contributed by atoms with E-state index in [1.165, 1.54) is 4.90 Å². The fourth-order valence-electron chi connectivity index (χ4n) is 2.48. The molecule has 1 fully saturated rings. The Bertz CT molecular complexity index is 799. The minimum absolute atomic E-state index is 0.0666. The maximum absolute atomic E-state index is 14.4. The third-order valence-electron chi connectivity index (χ3n) is 3.63. The van der Waals surface area contributed by atoms with Crippen LogP contribution in [0.4, 0.5) is 15.0 Å². The molecule has 122 valence electrons. The zero-order valence-electron chi connectivity index (χ0n) is 11.6. The number of fused-ring (bicyclic) bond motifs is 1. The summed E-state index contributed by atoms with van der Waals surface area (Å²) in [5, 5.41) is 9.56. The first-order valence-corrected chi connectivity index (χ1v) is 8.17. The number of anilines is 1. The van der Waals surface area contributed by atoms with Gasteiger partial charge in [0.15, 0.2) is 5.82 Å². The molecule has 1 amide bonds. The predicted molar refractivity (Wildman–Crippen MR) is 89.0 cm³/mol. The summed E-state index contributed by atoms with van der Waals surface area (Å²) in [5.74, 6) is -0.166. The van der Waals surface area contributed by atoms with Gasteiger partial charge in [0, 0.05) is 31.6 Å². The molecule has 23 heavy (non-hydrogen) atoms. The van der Waals surface area contributed by atoms with Gasteiger partial charge in [0.2, 0.25) is 5.28 Å². The third kappa shape index (κ3) is 3.02. The predicted octanol–water partition coefficient (Wildman–Crippen LogP) is 3.64. The standard InChI is InChI=1S/C13H10BrCl2FN4O2/c14-8-7(15)5-6-10(9(8)17)18-12(16)19-11(6)20-1-3-21(4-2-20)13(22)23/h5H,1-4H2,(H,22,23). The Morgan fingerprint density at radius 2 is 1.91 bits per heavy atom. The molecule has 1 aliphatic heterocycles. The molecule has 2 heterocycles. The number of hydrogen-bond donors (Lipinski definition) is 1. The minimum Gasteiger partial charge on any atom is -0.465 e. The number of nitrogens with zero attached hydrogens (tertiary/aromatic N) is 4. The zero-order chi connectivity index (χ0) is 16.7. The molecule has 0 saturated carbocycles. The van der Waals surface area contributed by atoms with Crippen LogP contribution in [0.3, 0.4) is 0 Å². The Kier molecular flexibility index (Phi) is 4.48.